The van der Waals surface area contributed by atoms with Crippen molar-refractivity contribution in [3.63, 3.8) is 0 Å². The maximum Gasteiger partial charge on any atom is 0.285 e. The van der Waals surface area contributed by atoms with E-state index in [1.165, 1.54) is 0 Å². The molecule has 0 radical (unpaired) electrons. The third-order valence-electron chi connectivity index (χ3n) is 1.46. The van der Waals surface area contributed by atoms with Gasteiger partial charge >= 0.3 is 0 Å². The lowest BCUT2D eigenvalue weighted by molar-refractivity contribution is -0.385. The van der Waals surface area contributed by atoms with Crippen molar-refractivity contribution in [1.82, 2.24) is 0 Å². The molecule has 0 bridgehead atoms. The molecule has 0 aliphatic heterocycles. The molecular formula is C9H6FNO2S. The van der Waals surface area contributed by atoms with Crippen LogP contribution >= 0.6 is 12.6 Å². The average molecular weight is 211 g/mol. The van der Waals surface area contributed by atoms with Crippen LogP contribution in [0.25, 0.3) is 0 Å². The summed E-state index contributed by atoms with van der Waals surface area (Å²) in [6.07, 6.45) is 0. The van der Waals surface area contributed by atoms with Gasteiger partial charge in [0, 0.05) is 6.07 Å². The molecule has 0 aromatic heterocycles. The molecule has 5 heteroatoms. The maximum absolute atomic E-state index is 12.7. The van der Waals surface area contributed by atoms with Gasteiger partial charge in [-0.3, -0.25) is 10.1 Å². The molecule has 3 nitrogen and oxygen atoms in total. The summed E-state index contributed by atoms with van der Waals surface area (Å²) < 4.78 is 12.7. The van der Waals surface area contributed by atoms with Gasteiger partial charge in [-0.2, -0.15) is 12.6 Å². The van der Waals surface area contributed by atoms with E-state index in [0.29, 0.717) is 0 Å². The van der Waals surface area contributed by atoms with Crippen LogP contribution in [0.5, 0.6) is 0 Å². The number of benzene rings is 1. The van der Waals surface area contributed by atoms with Crippen molar-refractivity contribution < 1.29 is 9.31 Å². The number of hydrogen-bond acceptors (Lipinski definition) is 3. The van der Waals surface area contributed by atoms with Gasteiger partial charge in [0.2, 0.25) is 0 Å². The summed E-state index contributed by atoms with van der Waals surface area (Å²) in [6.45, 7) is 0. The highest BCUT2D eigenvalue weighted by Crippen LogP contribution is 2.18. The normalized spacial score (nSPS) is 9.00. The molecule has 0 unspecified atom stereocenters. The molecule has 0 atom stereocenters. The lowest BCUT2D eigenvalue weighted by atomic mass is 10.2. The minimum atomic E-state index is -0.595. The van der Waals surface area contributed by atoms with Gasteiger partial charge in [0.15, 0.2) is 0 Å². The molecule has 1 aromatic rings. The molecule has 1 aromatic carbocycles. The number of nitrogens with zero attached hydrogens (tertiary/aromatic N) is 1. The van der Waals surface area contributed by atoms with E-state index in [9.17, 15) is 14.5 Å². The predicted molar refractivity (Wildman–Crippen MR) is 53.8 cm³/mol. The predicted octanol–water partition coefficient (Wildman–Crippen LogP) is 2.02. The van der Waals surface area contributed by atoms with Crippen molar-refractivity contribution in [2.75, 3.05) is 5.75 Å². The summed E-state index contributed by atoms with van der Waals surface area (Å²) in [7, 11) is 0. The van der Waals surface area contributed by atoms with E-state index in [0.717, 1.165) is 18.2 Å². The maximum atomic E-state index is 12.7. The quantitative estimate of drug-likeness (QED) is 0.334. The first kappa shape index (κ1) is 10.5. The molecule has 14 heavy (non-hydrogen) atoms. The van der Waals surface area contributed by atoms with Crippen LogP contribution in [-0.4, -0.2) is 10.7 Å². The molecule has 0 fully saturated rings. The van der Waals surface area contributed by atoms with Crippen molar-refractivity contribution in [2.24, 2.45) is 0 Å². The first-order valence-electron chi connectivity index (χ1n) is 3.69. The summed E-state index contributed by atoms with van der Waals surface area (Å²) in [4.78, 5) is 9.90. The molecule has 72 valence electrons. The molecule has 0 heterocycles. The van der Waals surface area contributed by atoms with Crippen LogP contribution in [-0.2, 0) is 0 Å². The van der Waals surface area contributed by atoms with Crippen molar-refractivity contribution in [1.29, 1.82) is 0 Å². The Kier molecular flexibility index (Phi) is 3.48. The Labute approximate surface area is 85.5 Å². The second-order valence-corrected chi connectivity index (χ2v) is 2.69. The highest BCUT2D eigenvalue weighted by Gasteiger charge is 2.11. The molecule has 0 aliphatic carbocycles. The molecule has 0 saturated carbocycles. The Balaban J connectivity index is 3.22. The number of hydrogen-bond donors (Lipinski definition) is 1. The van der Waals surface area contributed by atoms with E-state index in [1.54, 1.807) is 0 Å². The highest BCUT2D eigenvalue weighted by molar-refractivity contribution is 7.80. The van der Waals surface area contributed by atoms with Crippen LogP contribution in [0, 0.1) is 27.8 Å². The van der Waals surface area contributed by atoms with Crippen molar-refractivity contribution in [2.45, 2.75) is 0 Å². The van der Waals surface area contributed by atoms with Gasteiger partial charge in [0.25, 0.3) is 5.69 Å². The van der Waals surface area contributed by atoms with Gasteiger partial charge in [-0.15, -0.1) is 0 Å². The van der Waals surface area contributed by atoms with Gasteiger partial charge in [-0.25, -0.2) is 4.39 Å². The van der Waals surface area contributed by atoms with E-state index >= 15 is 0 Å². The second-order valence-electron chi connectivity index (χ2n) is 2.38. The molecule has 0 saturated heterocycles. The Morgan fingerprint density at radius 1 is 1.57 bits per heavy atom. The lowest BCUT2D eigenvalue weighted by Crippen LogP contribution is -1.92. The van der Waals surface area contributed by atoms with E-state index < -0.39 is 10.7 Å². The van der Waals surface area contributed by atoms with Gasteiger partial charge in [-0.1, -0.05) is 11.8 Å². The van der Waals surface area contributed by atoms with Crippen LogP contribution in [0.3, 0.4) is 0 Å². The summed E-state index contributed by atoms with van der Waals surface area (Å²) in [5.74, 6) is 4.74. The number of nitro benzene ring substituents is 1. The number of halogens is 1. The van der Waals surface area contributed by atoms with Crippen molar-refractivity contribution in [3.8, 4) is 11.8 Å². The standard InChI is InChI=1S/C9H6FNO2S/c10-8-3-4-9(11(12)13)7(6-8)2-1-5-14/h3-4,6,14H,5H2. The van der Waals surface area contributed by atoms with Crippen LogP contribution in [0.1, 0.15) is 5.56 Å². The number of rotatable bonds is 1. The first-order valence-corrected chi connectivity index (χ1v) is 4.32. The molecule has 0 spiro atoms. The lowest BCUT2D eigenvalue weighted by Gasteiger charge is -1.94. The van der Waals surface area contributed by atoms with Crippen molar-refractivity contribution >= 4 is 18.3 Å². The Morgan fingerprint density at radius 3 is 2.86 bits per heavy atom. The SMILES string of the molecule is O=[N+]([O-])c1ccc(F)cc1C#CCS. The monoisotopic (exact) mass is 211 g/mol. The second kappa shape index (κ2) is 4.63. The van der Waals surface area contributed by atoms with Gasteiger partial charge in [-0.05, 0) is 12.1 Å². The van der Waals surface area contributed by atoms with Gasteiger partial charge in [0.05, 0.1) is 10.7 Å². The number of thiol groups is 1. The summed E-state index contributed by atoms with van der Waals surface area (Å²) in [6, 6.07) is 3.16. The highest BCUT2D eigenvalue weighted by atomic mass is 32.1. The third-order valence-corrected chi connectivity index (χ3v) is 1.62. The molecule has 0 amide bonds. The van der Waals surface area contributed by atoms with Crippen LogP contribution in [0.2, 0.25) is 0 Å². The molecule has 1 rings (SSSR count). The zero-order chi connectivity index (χ0) is 10.6. The first-order chi connectivity index (χ1) is 6.65. The Hall–Kier alpha value is -1.54. The van der Waals surface area contributed by atoms with Crippen molar-refractivity contribution in [3.05, 3.63) is 39.7 Å². The van der Waals surface area contributed by atoms with E-state index in [2.05, 4.69) is 24.5 Å². The smallest absolute Gasteiger partial charge is 0.258 e. The topological polar surface area (TPSA) is 43.1 Å². The Morgan fingerprint density at radius 2 is 2.29 bits per heavy atom. The third kappa shape index (κ3) is 2.47. The van der Waals surface area contributed by atoms with E-state index in [1.807, 2.05) is 0 Å². The minimum Gasteiger partial charge on any atom is -0.258 e. The fourth-order valence-electron chi connectivity index (χ4n) is 0.902. The van der Waals surface area contributed by atoms with Crippen LogP contribution in [0.4, 0.5) is 10.1 Å². The van der Waals surface area contributed by atoms with Gasteiger partial charge in [0.1, 0.15) is 11.4 Å². The molecule has 0 aliphatic rings. The number of nitro groups is 1. The Bertz CT molecular complexity index is 423. The fourth-order valence-corrected chi connectivity index (χ4v) is 0.981. The fraction of sp³-hybridized carbons (Fsp3) is 0.111. The zero-order valence-electron chi connectivity index (χ0n) is 7.03. The average Bonchev–Trinajstić information content (AvgIpc) is 2.14. The zero-order valence-corrected chi connectivity index (χ0v) is 7.92. The van der Waals surface area contributed by atoms with Crippen LogP contribution in [0.15, 0.2) is 18.2 Å². The molecular weight excluding hydrogens is 205 g/mol. The minimum absolute atomic E-state index is 0.0732. The largest absolute Gasteiger partial charge is 0.285 e. The van der Waals surface area contributed by atoms with E-state index in [-0.39, 0.29) is 17.0 Å². The summed E-state index contributed by atoms with van der Waals surface area (Å²) in [5.41, 5.74) is -0.121. The molecule has 0 N–H and O–H groups in total. The summed E-state index contributed by atoms with van der Waals surface area (Å²) >= 11 is 3.83. The van der Waals surface area contributed by atoms with Gasteiger partial charge < -0.3 is 0 Å². The van der Waals surface area contributed by atoms with E-state index in [4.69, 9.17) is 0 Å². The summed E-state index contributed by atoms with van der Waals surface area (Å²) in [5, 5.41) is 10.5. The van der Waals surface area contributed by atoms with Crippen LogP contribution < -0.4 is 0 Å².